The number of nitrogens with one attached hydrogen (secondary N) is 1. The highest BCUT2D eigenvalue weighted by molar-refractivity contribution is 9.10. The van der Waals surface area contributed by atoms with Gasteiger partial charge in [-0.1, -0.05) is 35.4 Å². The Labute approximate surface area is 128 Å². The van der Waals surface area contributed by atoms with E-state index in [0.717, 1.165) is 12.0 Å². The van der Waals surface area contributed by atoms with E-state index in [1.54, 1.807) is 12.1 Å². The highest BCUT2D eigenvalue weighted by atomic mass is 79.9. The van der Waals surface area contributed by atoms with Crippen molar-refractivity contribution < 1.29 is 4.39 Å². The SMILES string of the molecule is CNC(Cc1cc(C)cc(C)c1)c1ccc(Br)c(F)c1. The van der Waals surface area contributed by atoms with Crippen LogP contribution in [0, 0.1) is 19.7 Å². The van der Waals surface area contributed by atoms with Gasteiger partial charge in [0.25, 0.3) is 0 Å². The second-order valence-electron chi connectivity index (χ2n) is 5.21. The lowest BCUT2D eigenvalue weighted by atomic mass is 9.96. The van der Waals surface area contributed by atoms with Crippen LogP contribution in [0.25, 0.3) is 0 Å². The summed E-state index contributed by atoms with van der Waals surface area (Å²) in [6.07, 6.45) is 0.847. The number of likely N-dealkylation sites (N-methyl/N-ethyl adjacent to an activating group) is 1. The Hall–Kier alpha value is -1.19. The van der Waals surface area contributed by atoms with Crippen molar-refractivity contribution in [1.82, 2.24) is 5.32 Å². The van der Waals surface area contributed by atoms with Crippen molar-refractivity contribution in [1.29, 1.82) is 0 Å². The molecular weight excluding hydrogens is 317 g/mol. The molecule has 3 heteroatoms. The number of benzene rings is 2. The van der Waals surface area contributed by atoms with E-state index in [-0.39, 0.29) is 11.9 Å². The van der Waals surface area contributed by atoms with Gasteiger partial charge in [-0.2, -0.15) is 0 Å². The maximum atomic E-state index is 13.7. The van der Waals surface area contributed by atoms with Gasteiger partial charge in [0.15, 0.2) is 0 Å². The highest BCUT2D eigenvalue weighted by Crippen LogP contribution is 2.24. The van der Waals surface area contributed by atoms with Gasteiger partial charge >= 0.3 is 0 Å². The van der Waals surface area contributed by atoms with E-state index < -0.39 is 0 Å². The van der Waals surface area contributed by atoms with Crippen LogP contribution >= 0.6 is 15.9 Å². The zero-order valence-electron chi connectivity index (χ0n) is 12.0. The van der Waals surface area contributed by atoms with Crippen molar-refractivity contribution in [3.05, 3.63) is 68.9 Å². The fourth-order valence-corrected chi connectivity index (χ4v) is 2.78. The fourth-order valence-electron chi connectivity index (χ4n) is 2.54. The van der Waals surface area contributed by atoms with E-state index in [2.05, 4.69) is 53.3 Å². The third kappa shape index (κ3) is 3.68. The Morgan fingerprint density at radius 1 is 1.10 bits per heavy atom. The van der Waals surface area contributed by atoms with Gasteiger partial charge in [0.05, 0.1) is 4.47 Å². The molecule has 0 bridgehead atoms. The van der Waals surface area contributed by atoms with Crippen LogP contribution < -0.4 is 5.32 Å². The summed E-state index contributed by atoms with van der Waals surface area (Å²) in [4.78, 5) is 0. The van der Waals surface area contributed by atoms with Gasteiger partial charge in [-0.3, -0.25) is 0 Å². The van der Waals surface area contributed by atoms with Gasteiger partial charge < -0.3 is 5.32 Å². The average molecular weight is 336 g/mol. The third-order valence-corrected chi connectivity index (χ3v) is 4.06. The zero-order valence-corrected chi connectivity index (χ0v) is 13.6. The number of rotatable bonds is 4. The van der Waals surface area contributed by atoms with Crippen LogP contribution in [0.4, 0.5) is 4.39 Å². The predicted octanol–water partition coefficient (Wildman–Crippen LogP) is 4.71. The zero-order chi connectivity index (χ0) is 14.7. The molecule has 0 aliphatic rings. The van der Waals surface area contributed by atoms with Gasteiger partial charge in [-0.25, -0.2) is 4.39 Å². The molecule has 0 aliphatic heterocycles. The fraction of sp³-hybridized carbons (Fsp3) is 0.294. The molecule has 0 saturated carbocycles. The van der Waals surface area contributed by atoms with E-state index in [1.807, 2.05) is 13.1 Å². The number of hydrogen-bond acceptors (Lipinski definition) is 1. The molecule has 2 aromatic rings. The first-order valence-corrected chi connectivity index (χ1v) is 7.48. The highest BCUT2D eigenvalue weighted by Gasteiger charge is 2.12. The maximum absolute atomic E-state index is 13.7. The van der Waals surface area contributed by atoms with E-state index in [9.17, 15) is 4.39 Å². The Kier molecular flexibility index (Phi) is 4.95. The van der Waals surface area contributed by atoms with Crippen molar-refractivity contribution in [2.45, 2.75) is 26.3 Å². The Bertz CT molecular complexity index is 590. The Balaban J connectivity index is 2.26. The van der Waals surface area contributed by atoms with E-state index in [4.69, 9.17) is 0 Å². The molecule has 0 aromatic heterocycles. The lowest BCUT2D eigenvalue weighted by Crippen LogP contribution is -2.19. The molecule has 0 fully saturated rings. The van der Waals surface area contributed by atoms with Crippen LogP contribution in [0.5, 0.6) is 0 Å². The number of hydrogen-bond donors (Lipinski definition) is 1. The summed E-state index contributed by atoms with van der Waals surface area (Å²) >= 11 is 3.19. The standard InChI is InChI=1S/C17H19BrFN/c1-11-6-12(2)8-13(7-11)9-17(20-3)14-4-5-15(18)16(19)10-14/h4-8,10,17,20H,9H2,1-3H3. The monoisotopic (exact) mass is 335 g/mol. The molecule has 0 saturated heterocycles. The summed E-state index contributed by atoms with van der Waals surface area (Å²) < 4.78 is 14.2. The molecule has 0 radical (unpaired) electrons. The molecule has 1 N–H and O–H groups in total. The van der Waals surface area contributed by atoms with Crippen molar-refractivity contribution in [2.75, 3.05) is 7.05 Å². The van der Waals surface area contributed by atoms with Crippen LogP contribution in [0.1, 0.15) is 28.3 Å². The Morgan fingerprint density at radius 3 is 2.30 bits per heavy atom. The topological polar surface area (TPSA) is 12.0 Å². The van der Waals surface area contributed by atoms with Crippen LogP contribution in [0.2, 0.25) is 0 Å². The normalized spacial score (nSPS) is 12.4. The quantitative estimate of drug-likeness (QED) is 0.853. The average Bonchev–Trinajstić information content (AvgIpc) is 2.38. The predicted molar refractivity (Wildman–Crippen MR) is 85.5 cm³/mol. The van der Waals surface area contributed by atoms with E-state index in [0.29, 0.717) is 4.47 Å². The smallest absolute Gasteiger partial charge is 0.137 e. The molecule has 106 valence electrons. The van der Waals surface area contributed by atoms with Crippen LogP contribution in [-0.2, 0) is 6.42 Å². The third-order valence-electron chi connectivity index (χ3n) is 3.42. The minimum absolute atomic E-state index is 0.110. The molecular formula is C17H19BrFN. The van der Waals surface area contributed by atoms with Gasteiger partial charge in [0.1, 0.15) is 5.82 Å². The molecule has 1 atom stereocenters. The molecule has 0 spiro atoms. The van der Waals surface area contributed by atoms with Crippen LogP contribution in [-0.4, -0.2) is 7.05 Å². The summed E-state index contributed by atoms with van der Waals surface area (Å²) in [6, 6.07) is 12.0. The number of aryl methyl sites for hydroxylation is 2. The second-order valence-corrected chi connectivity index (χ2v) is 6.07. The minimum atomic E-state index is -0.219. The minimum Gasteiger partial charge on any atom is -0.313 e. The molecule has 1 unspecified atom stereocenters. The van der Waals surface area contributed by atoms with Crippen LogP contribution in [0.3, 0.4) is 0 Å². The molecule has 2 rings (SSSR count). The molecule has 0 heterocycles. The second kappa shape index (κ2) is 6.51. The summed E-state index contributed by atoms with van der Waals surface area (Å²) in [5.74, 6) is -0.219. The van der Waals surface area contributed by atoms with Gasteiger partial charge in [0.2, 0.25) is 0 Å². The van der Waals surface area contributed by atoms with Gasteiger partial charge in [0, 0.05) is 6.04 Å². The lowest BCUT2D eigenvalue weighted by Gasteiger charge is -2.18. The first-order valence-electron chi connectivity index (χ1n) is 6.69. The summed E-state index contributed by atoms with van der Waals surface area (Å²) in [6.45, 7) is 4.20. The van der Waals surface area contributed by atoms with Crippen molar-refractivity contribution in [3.63, 3.8) is 0 Å². The van der Waals surface area contributed by atoms with Crippen molar-refractivity contribution in [2.24, 2.45) is 0 Å². The largest absolute Gasteiger partial charge is 0.313 e. The molecule has 1 nitrogen and oxygen atoms in total. The van der Waals surface area contributed by atoms with Crippen molar-refractivity contribution in [3.8, 4) is 0 Å². The first-order chi connectivity index (χ1) is 9.49. The molecule has 2 aromatic carbocycles. The summed E-state index contributed by atoms with van der Waals surface area (Å²) in [5.41, 5.74) is 4.76. The Morgan fingerprint density at radius 2 is 1.75 bits per heavy atom. The molecule has 20 heavy (non-hydrogen) atoms. The summed E-state index contributed by atoms with van der Waals surface area (Å²) in [5, 5.41) is 3.27. The molecule has 0 amide bonds. The molecule has 0 aliphatic carbocycles. The van der Waals surface area contributed by atoms with Crippen LogP contribution in [0.15, 0.2) is 40.9 Å². The maximum Gasteiger partial charge on any atom is 0.137 e. The summed E-state index contributed by atoms with van der Waals surface area (Å²) in [7, 11) is 1.91. The van der Waals surface area contributed by atoms with E-state index >= 15 is 0 Å². The van der Waals surface area contributed by atoms with E-state index in [1.165, 1.54) is 16.7 Å². The van der Waals surface area contributed by atoms with Gasteiger partial charge in [-0.15, -0.1) is 0 Å². The lowest BCUT2D eigenvalue weighted by molar-refractivity contribution is 0.575. The van der Waals surface area contributed by atoms with Crippen molar-refractivity contribution >= 4 is 15.9 Å². The first kappa shape index (κ1) is 15.2. The number of halogens is 2. The van der Waals surface area contributed by atoms with Gasteiger partial charge in [-0.05, 0) is 66.5 Å².